The van der Waals surface area contributed by atoms with Crippen LogP contribution in [0.4, 0.5) is 0 Å². The summed E-state index contributed by atoms with van der Waals surface area (Å²) in [6, 6.07) is 0. The average molecular weight is 155 g/mol. The van der Waals surface area contributed by atoms with Gasteiger partial charge in [-0.15, -0.1) is 0 Å². The van der Waals surface area contributed by atoms with E-state index < -0.39 is 0 Å². The lowest BCUT2D eigenvalue weighted by Crippen LogP contribution is -2.29. The van der Waals surface area contributed by atoms with E-state index in [0.29, 0.717) is 5.41 Å². The normalized spacial score (nSPS) is 28.1. The summed E-state index contributed by atoms with van der Waals surface area (Å²) in [6.07, 6.45) is 4.19. The Morgan fingerprint density at radius 2 is 1.91 bits per heavy atom. The Morgan fingerprint density at radius 1 is 1.18 bits per heavy atom. The fourth-order valence-corrected chi connectivity index (χ4v) is 1.76. The Hall–Kier alpha value is -0.0400. The van der Waals surface area contributed by atoms with Crippen LogP contribution in [0.3, 0.4) is 0 Å². The maximum atomic E-state index is 3.50. The van der Waals surface area contributed by atoms with E-state index in [0.717, 1.165) is 5.92 Å². The van der Waals surface area contributed by atoms with Crippen LogP contribution in [0.25, 0.3) is 0 Å². The topological polar surface area (TPSA) is 12.0 Å². The van der Waals surface area contributed by atoms with Gasteiger partial charge in [0.1, 0.15) is 0 Å². The zero-order valence-electron chi connectivity index (χ0n) is 8.11. The van der Waals surface area contributed by atoms with Crippen molar-refractivity contribution in [2.75, 3.05) is 13.1 Å². The van der Waals surface area contributed by atoms with Crippen LogP contribution in [0.2, 0.25) is 0 Å². The molecule has 1 atom stereocenters. The van der Waals surface area contributed by atoms with Gasteiger partial charge in [0, 0.05) is 0 Å². The highest BCUT2D eigenvalue weighted by Crippen LogP contribution is 2.30. The molecule has 1 aliphatic rings. The van der Waals surface area contributed by atoms with E-state index in [1.54, 1.807) is 0 Å². The van der Waals surface area contributed by atoms with Gasteiger partial charge < -0.3 is 5.32 Å². The standard InChI is InChI=1S/C10H21N/c1-10(2,3)9-6-4-5-7-11-8-9/h9,11H,4-8H2,1-3H3. The van der Waals surface area contributed by atoms with Gasteiger partial charge in [0.2, 0.25) is 0 Å². The first-order valence-electron chi connectivity index (χ1n) is 4.81. The highest BCUT2D eigenvalue weighted by atomic mass is 14.9. The molecule has 0 amide bonds. The van der Waals surface area contributed by atoms with Gasteiger partial charge >= 0.3 is 0 Å². The van der Waals surface area contributed by atoms with E-state index in [1.165, 1.54) is 32.4 Å². The smallest absolute Gasteiger partial charge is 0.00155 e. The molecule has 1 heterocycles. The highest BCUT2D eigenvalue weighted by Gasteiger charge is 2.24. The van der Waals surface area contributed by atoms with Crippen LogP contribution in [0.5, 0.6) is 0 Å². The molecule has 1 aliphatic heterocycles. The number of hydrogen-bond acceptors (Lipinski definition) is 1. The van der Waals surface area contributed by atoms with Gasteiger partial charge in [0.15, 0.2) is 0 Å². The lowest BCUT2D eigenvalue weighted by Gasteiger charge is -2.29. The van der Waals surface area contributed by atoms with Crippen LogP contribution in [-0.2, 0) is 0 Å². The summed E-state index contributed by atoms with van der Waals surface area (Å²) >= 11 is 0. The Labute approximate surface area is 70.6 Å². The van der Waals surface area contributed by atoms with E-state index in [2.05, 4.69) is 26.1 Å². The van der Waals surface area contributed by atoms with E-state index in [9.17, 15) is 0 Å². The fourth-order valence-electron chi connectivity index (χ4n) is 1.76. The summed E-state index contributed by atoms with van der Waals surface area (Å²) in [5.41, 5.74) is 0.497. The SMILES string of the molecule is CC(C)(C)C1CCCCNC1. The van der Waals surface area contributed by atoms with Crippen LogP contribution in [0.15, 0.2) is 0 Å². The lowest BCUT2D eigenvalue weighted by atomic mass is 9.78. The predicted molar refractivity (Wildman–Crippen MR) is 49.7 cm³/mol. The van der Waals surface area contributed by atoms with Crippen molar-refractivity contribution in [2.24, 2.45) is 11.3 Å². The maximum Gasteiger partial charge on any atom is -0.00155 e. The largest absolute Gasteiger partial charge is 0.316 e. The zero-order valence-corrected chi connectivity index (χ0v) is 8.11. The monoisotopic (exact) mass is 155 g/mol. The molecule has 0 aromatic carbocycles. The van der Waals surface area contributed by atoms with Crippen LogP contribution in [0, 0.1) is 11.3 Å². The third-order valence-electron chi connectivity index (χ3n) is 2.77. The van der Waals surface area contributed by atoms with Crippen molar-refractivity contribution in [1.29, 1.82) is 0 Å². The van der Waals surface area contributed by atoms with Crippen LogP contribution in [0.1, 0.15) is 40.0 Å². The maximum absolute atomic E-state index is 3.50. The molecule has 0 aromatic heterocycles. The van der Waals surface area contributed by atoms with Crippen LogP contribution < -0.4 is 5.32 Å². The van der Waals surface area contributed by atoms with E-state index >= 15 is 0 Å². The molecule has 0 aliphatic carbocycles. The van der Waals surface area contributed by atoms with Crippen molar-refractivity contribution >= 4 is 0 Å². The Kier molecular flexibility index (Phi) is 2.94. The molecule has 66 valence electrons. The first kappa shape index (κ1) is 9.05. The Balaban J connectivity index is 2.43. The minimum Gasteiger partial charge on any atom is -0.316 e. The van der Waals surface area contributed by atoms with Gasteiger partial charge in [-0.25, -0.2) is 0 Å². The van der Waals surface area contributed by atoms with Gasteiger partial charge in [-0.1, -0.05) is 27.2 Å². The summed E-state index contributed by atoms with van der Waals surface area (Å²) < 4.78 is 0. The van der Waals surface area contributed by atoms with Gasteiger partial charge in [-0.2, -0.15) is 0 Å². The van der Waals surface area contributed by atoms with E-state index in [1.807, 2.05) is 0 Å². The Morgan fingerprint density at radius 3 is 2.55 bits per heavy atom. The first-order chi connectivity index (χ1) is 5.11. The van der Waals surface area contributed by atoms with Crippen molar-refractivity contribution in [3.05, 3.63) is 0 Å². The molecule has 1 unspecified atom stereocenters. The summed E-state index contributed by atoms with van der Waals surface area (Å²) in [7, 11) is 0. The number of hydrogen-bond donors (Lipinski definition) is 1. The van der Waals surface area contributed by atoms with Crippen molar-refractivity contribution in [3.8, 4) is 0 Å². The number of nitrogens with one attached hydrogen (secondary N) is 1. The zero-order chi connectivity index (χ0) is 8.32. The minimum absolute atomic E-state index is 0.497. The average Bonchev–Trinajstić information content (AvgIpc) is 2.10. The summed E-state index contributed by atoms with van der Waals surface area (Å²) in [6.45, 7) is 9.51. The molecule has 11 heavy (non-hydrogen) atoms. The molecule has 0 aromatic rings. The molecule has 0 spiro atoms. The molecule has 0 bridgehead atoms. The van der Waals surface area contributed by atoms with Crippen LogP contribution >= 0.6 is 0 Å². The molecule has 1 heteroatoms. The second kappa shape index (κ2) is 3.57. The first-order valence-corrected chi connectivity index (χ1v) is 4.81. The van der Waals surface area contributed by atoms with E-state index in [4.69, 9.17) is 0 Å². The van der Waals surface area contributed by atoms with Crippen molar-refractivity contribution < 1.29 is 0 Å². The molecule has 1 fully saturated rings. The van der Waals surface area contributed by atoms with E-state index in [-0.39, 0.29) is 0 Å². The summed E-state index contributed by atoms with van der Waals surface area (Å²) in [5, 5.41) is 3.50. The second-order valence-corrected chi connectivity index (χ2v) is 4.76. The molecule has 1 N–H and O–H groups in total. The van der Waals surface area contributed by atoms with Crippen LogP contribution in [-0.4, -0.2) is 13.1 Å². The molecular formula is C10H21N. The van der Waals surface area contributed by atoms with Crippen molar-refractivity contribution in [2.45, 2.75) is 40.0 Å². The van der Waals surface area contributed by atoms with Crippen molar-refractivity contribution in [3.63, 3.8) is 0 Å². The molecule has 1 saturated heterocycles. The Bertz CT molecular complexity index is 105. The third kappa shape index (κ3) is 2.82. The molecule has 1 nitrogen and oxygen atoms in total. The molecule has 0 saturated carbocycles. The molecular weight excluding hydrogens is 134 g/mol. The third-order valence-corrected chi connectivity index (χ3v) is 2.77. The quantitative estimate of drug-likeness (QED) is 0.566. The summed E-state index contributed by atoms with van der Waals surface area (Å²) in [5.74, 6) is 0.880. The van der Waals surface area contributed by atoms with Gasteiger partial charge in [0.25, 0.3) is 0 Å². The molecule has 0 radical (unpaired) electrons. The second-order valence-electron chi connectivity index (χ2n) is 4.76. The summed E-state index contributed by atoms with van der Waals surface area (Å²) in [4.78, 5) is 0. The van der Waals surface area contributed by atoms with Gasteiger partial charge in [-0.05, 0) is 37.3 Å². The van der Waals surface area contributed by atoms with Gasteiger partial charge in [0.05, 0.1) is 0 Å². The highest BCUT2D eigenvalue weighted by molar-refractivity contribution is 4.77. The van der Waals surface area contributed by atoms with Gasteiger partial charge in [-0.3, -0.25) is 0 Å². The molecule has 1 rings (SSSR count). The number of rotatable bonds is 0. The fraction of sp³-hybridized carbons (Fsp3) is 1.00. The minimum atomic E-state index is 0.497. The predicted octanol–water partition coefficient (Wildman–Crippen LogP) is 2.42. The lowest BCUT2D eigenvalue weighted by molar-refractivity contribution is 0.227. The van der Waals surface area contributed by atoms with Crippen molar-refractivity contribution in [1.82, 2.24) is 5.32 Å².